The number of carbonyl (C=O) groups is 2. The number of nitrogens with zero attached hydrogens (tertiary/aromatic N) is 5. The largest absolute Gasteiger partial charge is 0.365 e. The van der Waals surface area contributed by atoms with Gasteiger partial charge in [-0.05, 0) is 40.8 Å². The van der Waals surface area contributed by atoms with Crippen LogP contribution in [0.25, 0.3) is 0 Å². The third kappa shape index (κ3) is 4.75. The summed E-state index contributed by atoms with van der Waals surface area (Å²) >= 11 is 0. The first-order valence-corrected chi connectivity index (χ1v) is 12.2. The lowest BCUT2D eigenvalue weighted by molar-refractivity contribution is -0.00206. The molecule has 188 valence electrons. The van der Waals surface area contributed by atoms with Crippen LogP contribution in [-0.4, -0.2) is 62.8 Å². The van der Waals surface area contributed by atoms with Crippen molar-refractivity contribution in [2.45, 2.75) is 45.4 Å². The van der Waals surface area contributed by atoms with E-state index in [1.54, 1.807) is 26.6 Å². The molecule has 0 N–H and O–H groups in total. The van der Waals surface area contributed by atoms with E-state index in [1.165, 1.54) is 17.7 Å². The number of rotatable bonds is 3. The molecular weight excluding hydrogens is 461 g/mol. The molecule has 0 aliphatic carbocycles. The molecule has 0 bridgehead atoms. The first-order chi connectivity index (χ1) is 17.2. The summed E-state index contributed by atoms with van der Waals surface area (Å²) in [6.07, 6.45) is -0.283. The maximum absolute atomic E-state index is 13.2. The van der Waals surface area contributed by atoms with Crippen molar-refractivity contribution in [1.29, 1.82) is 0 Å². The molecule has 0 spiro atoms. The van der Waals surface area contributed by atoms with Crippen LogP contribution >= 0.6 is 0 Å². The quantitative estimate of drug-likeness (QED) is 0.560. The van der Waals surface area contributed by atoms with E-state index in [2.05, 4.69) is 31.1 Å². The van der Waals surface area contributed by atoms with Gasteiger partial charge in [0.25, 0.3) is 11.8 Å². The number of piperazine rings is 1. The van der Waals surface area contributed by atoms with Crippen molar-refractivity contribution >= 4 is 11.8 Å². The predicted octanol–water partition coefficient (Wildman–Crippen LogP) is 3.58. The fourth-order valence-electron chi connectivity index (χ4n) is 4.61. The first kappa shape index (κ1) is 24.1. The molecule has 1 aromatic heterocycles. The first-order valence-electron chi connectivity index (χ1n) is 12.2. The Kier molecular flexibility index (Phi) is 6.34. The van der Waals surface area contributed by atoms with Crippen LogP contribution in [0.1, 0.15) is 64.5 Å². The van der Waals surface area contributed by atoms with Gasteiger partial charge in [0.05, 0.1) is 18.8 Å². The van der Waals surface area contributed by atoms with Crippen molar-refractivity contribution < 1.29 is 18.7 Å². The van der Waals surface area contributed by atoms with E-state index in [-0.39, 0.29) is 41.5 Å². The van der Waals surface area contributed by atoms with Gasteiger partial charge in [0.15, 0.2) is 5.69 Å². The zero-order valence-corrected chi connectivity index (χ0v) is 20.8. The van der Waals surface area contributed by atoms with E-state index in [4.69, 9.17) is 4.74 Å². The number of amides is 2. The van der Waals surface area contributed by atoms with E-state index >= 15 is 0 Å². The van der Waals surface area contributed by atoms with Crippen molar-refractivity contribution in [2.75, 3.05) is 26.2 Å². The Labute approximate surface area is 209 Å². The van der Waals surface area contributed by atoms with Crippen LogP contribution in [0, 0.1) is 5.82 Å². The molecule has 1 unspecified atom stereocenters. The molecule has 2 aromatic carbocycles. The SMILES string of the molecule is CC(C)(C)c1ccc(C(=O)N2CCN(C(=O)c3nnn4c3COC(c3ccc(F)cc3)C4)CC2)cc1. The summed E-state index contributed by atoms with van der Waals surface area (Å²) < 4.78 is 20.9. The molecule has 2 aliphatic heterocycles. The van der Waals surface area contributed by atoms with E-state index in [0.29, 0.717) is 44.0 Å². The maximum atomic E-state index is 13.2. The Hall–Kier alpha value is -3.59. The van der Waals surface area contributed by atoms with Crippen molar-refractivity contribution in [1.82, 2.24) is 24.8 Å². The van der Waals surface area contributed by atoms with Crippen molar-refractivity contribution in [3.8, 4) is 0 Å². The second kappa shape index (κ2) is 9.46. The van der Waals surface area contributed by atoms with Crippen LogP contribution in [0.4, 0.5) is 4.39 Å². The van der Waals surface area contributed by atoms with Gasteiger partial charge in [-0.25, -0.2) is 9.07 Å². The molecule has 9 heteroatoms. The van der Waals surface area contributed by atoms with Gasteiger partial charge in [-0.3, -0.25) is 9.59 Å². The number of fused-ring (bicyclic) bond motifs is 1. The van der Waals surface area contributed by atoms with Gasteiger partial charge in [-0.2, -0.15) is 0 Å². The minimum Gasteiger partial charge on any atom is -0.365 e. The topological polar surface area (TPSA) is 80.6 Å². The summed E-state index contributed by atoms with van der Waals surface area (Å²) in [5.74, 6) is -0.533. The highest BCUT2D eigenvalue weighted by atomic mass is 19.1. The van der Waals surface area contributed by atoms with E-state index < -0.39 is 0 Å². The van der Waals surface area contributed by atoms with Gasteiger partial charge < -0.3 is 14.5 Å². The van der Waals surface area contributed by atoms with Crippen LogP contribution in [0.5, 0.6) is 0 Å². The third-order valence-electron chi connectivity index (χ3n) is 6.89. The smallest absolute Gasteiger partial charge is 0.276 e. The molecule has 8 nitrogen and oxygen atoms in total. The summed E-state index contributed by atoms with van der Waals surface area (Å²) in [6.45, 7) is 8.79. The summed E-state index contributed by atoms with van der Waals surface area (Å²) in [5.41, 5.74) is 3.63. The lowest BCUT2D eigenvalue weighted by Crippen LogP contribution is -2.50. The molecule has 0 radical (unpaired) electrons. The number of halogens is 1. The maximum Gasteiger partial charge on any atom is 0.276 e. The Bertz CT molecular complexity index is 1260. The zero-order valence-electron chi connectivity index (χ0n) is 20.8. The minimum atomic E-state index is -0.302. The minimum absolute atomic E-state index is 0.0242. The van der Waals surface area contributed by atoms with Crippen LogP contribution in [0.15, 0.2) is 48.5 Å². The highest BCUT2D eigenvalue weighted by Crippen LogP contribution is 2.28. The number of benzene rings is 2. The molecule has 2 aliphatic rings. The molecule has 2 amide bonds. The Morgan fingerprint density at radius 1 is 0.917 bits per heavy atom. The number of hydrogen-bond donors (Lipinski definition) is 0. The molecule has 5 rings (SSSR count). The van der Waals surface area contributed by atoms with Crippen LogP contribution in [-0.2, 0) is 23.3 Å². The molecule has 1 fully saturated rings. The van der Waals surface area contributed by atoms with Gasteiger partial charge in [-0.15, -0.1) is 5.10 Å². The van der Waals surface area contributed by atoms with Gasteiger partial charge in [-0.1, -0.05) is 50.3 Å². The fourth-order valence-corrected chi connectivity index (χ4v) is 4.61. The highest BCUT2D eigenvalue weighted by Gasteiger charge is 2.32. The van der Waals surface area contributed by atoms with Crippen molar-refractivity contribution in [3.63, 3.8) is 0 Å². The summed E-state index contributed by atoms with van der Waals surface area (Å²) in [5, 5.41) is 8.32. The lowest BCUT2D eigenvalue weighted by Gasteiger charge is -2.34. The number of carbonyl (C=O) groups excluding carboxylic acids is 2. The number of hydrogen-bond acceptors (Lipinski definition) is 5. The predicted molar refractivity (Wildman–Crippen MR) is 131 cm³/mol. The molecule has 3 heterocycles. The fraction of sp³-hybridized carbons (Fsp3) is 0.407. The van der Waals surface area contributed by atoms with E-state index in [1.807, 2.05) is 24.3 Å². The van der Waals surface area contributed by atoms with Crippen LogP contribution in [0.2, 0.25) is 0 Å². The van der Waals surface area contributed by atoms with Gasteiger partial charge in [0.2, 0.25) is 0 Å². The monoisotopic (exact) mass is 491 g/mol. The zero-order chi connectivity index (χ0) is 25.4. The average Bonchev–Trinajstić information content (AvgIpc) is 3.31. The van der Waals surface area contributed by atoms with Gasteiger partial charge in [0, 0.05) is 31.7 Å². The average molecular weight is 492 g/mol. The van der Waals surface area contributed by atoms with Crippen LogP contribution in [0.3, 0.4) is 0 Å². The van der Waals surface area contributed by atoms with Crippen LogP contribution < -0.4 is 0 Å². The molecular formula is C27H30FN5O3. The van der Waals surface area contributed by atoms with Gasteiger partial charge in [0.1, 0.15) is 11.9 Å². The Morgan fingerprint density at radius 3 is 2.14 bits per heavy atom. The third-order valence-corrected chi connectivity index (χ3v) is 6.89. The normalized spacial score (nSPS) is 18.2. The van der Waals surface area contributed by atoms with E-state index in [0.717, 1.165) is 5.56 Å². The number of ether oxygens (including phenoxy) is 1. The summed E-state index contributed by atoms with van der Waals surface area (Å²) in [4.78, 5) is 29.7. The van der Waals surface area contributed by atoms with Gasteiger partial charge >= 0.3 is 0 Å². The Morgan fingerprint density at radius 2 is 1.53 bits per heavy atom. The standard InChI is InChI=1S/C27H30FN5O3/c1-27(2,3)20-8-4-19(5-9-20)25(34)31-12-14-32(15-13-31)26(35)24-22-17-36-23(16-33(22)30-29-24)18-6-10-21(28)11-7-18/h4-11,23H,12-17H2,1-3H3. The second-order valence-corrected chi connectivity index (χ2v) is 10.3. The van der Waals surface area contributed by atoms with Crippen molar-refractivity contribution in [2.24, 2.45) is 0 Å². The molecule has 0 saturated carbocycles. The lowest BCUT2D eigenvalue weighted by atomic mass is 9.86. The highest BCUT2D eigenvalue weighted by molar-refractivity contribution is 5.95. The molecule has 36 heavy (non-hydrogen) atoms. The molecule has 3 aromatic rings. The van der Waals surface area contributed by atoms with Crippen molar-refractivity contribution in [3.05, 3.63) is 82.4 Å². The number of aromatic nitrogens is 3. The second-order valence-electron chi connectivity index (χ2n) is 10.3. The Balaban J connectivity index is 1.20. The molecule has 1 atom stereocenters. The summed E-state index contributed by atoms with van der Waals surface area (Å²) in [7, 11) is 0. The summed E-state index contributed by atoms with van der Waals surface area (Å²) in [6, 6.07) is 13.9. The van der Waals surface area contributed by atoms with E-state index in [9.17, 15) is 14.0 Å². The molecule has 1 saturated heterocycles.